The fraction of sp³-hybridized carbons (Fsp3) is 0.500. The van der Waals surface area contributed by atoms with Crippen molar-refractivity contribution in [3.8, 4) is 0 Å². The third kappa shape index (κ3) is 3.57. The maximum absolute atomic E-state index is 12.7. The van der Waals surface area contributed by atoms with E-state index in [1.807, 2.05) is 38.4 Å². The second-order valence-electron chi connectivity index (χ2n) is 6.69. The summed E-state index contributed by atoms with van der Waals surface area (Å²) in [5.74, 6) is 0.350. The molecule has 1 aromatic heterocycles. The number of nitrogens with zero attached hydrogens (tertiary/aromatic N) is 1. The molecule has 2 atom stereocenters. The third-order valence-corrected chi connectivity index (χ3v) is 4.34. The largest absolute Gasteiger partial charge is 0.451 e. The molecule has 1 fully saturated rings. The maximum atomic E-state index is 12.7. The second kappa shape index (κ2) is 6.72. The van der Waals surface area contributed by atoms with Crippen LogP contribution < -0.4 is 10.6 Å². The highest BCUT2D eigenvalue weighted by atomic mass is 16.3. The lowest BCUT2D eigenvalue weighted by Crippen LogP contribution is -2.46. The maximum Gasteiger partial charge on any atom is 0.287 e. The molecule has 5 heteroatoms. The minimum Gasteiger partial charge on any atom is -0.451 e. The summed E-state index contributed by atoms with van der Waals surface area (Å²) in [6, 6.07) is 8.48. The predicted molar refractivity (Wildman–Crippen MR) is 91.6 cm³/mol. The number of carbonyl (C=O) groups is 1. The van der Waals surface area contributed by atoms with Crippen molar-refractivity contribution in [2.24, 2.45) is 0 Å². The van der Waals surface area contributed by atoms with Crippen LogP contribution in [0.15, 0.2) is 28.7 Å². The summed E-state index contributed by atoms with van der Waals surface area (Å²) >= 11 is 0. The first kappa shape index (κ1) is 16.0. The van der Waals surface area contributed by atoms with Crippen LogP contribution in [-0.2, 0) is 6.54 Å². The molecule has 3 rings (SSSR count). The van der Waals surface area contributed by atoms with E-state index >= 15 is 0 Å². The Morgan fingerprint density at radius 1 is 1.39 bits per heavy atom. The quantitative estimate of drug-likeness (QED) is 0.909. The summed E-state index contributed by atoms with van der Waals surface area (Å²) in [4.78, 5) is 14.8. The van der Waals surface area contributed by atoms with Crippen molar-refractivity contribution >= 4 is 16.9 Å². The molecule has 2 heterocycles. The Kier molecular flexibility index (Phi) is 4.68. The molecule has 1 aliphatic heterocycles. The number of para-hydroxylation sites is 1. The first-order valence-electron chi connectivity index (χ1n) is 8.24. The molecule has 1 aliphatic rings. The van der Waals surface area contributed by atoms with Crippen LogP contribution in [0.5, 0.6) is 0 Å². The van der Waals surface area contributed by atoms with Crippen LogP contribution in [0.2, 0.25) is 0 Å². The Morgan fingerprint density at radius 3 is 2.91 bits per heavy atom. The number of fused-ring (bicyclic) bond motifs is 1. The van der Waals surface area contributed by atoms with Crippen molar-refractivity contribution in [1.29, 1.82) is 0 Å². The van der Waals surface area contributed by atoms with Crippen molar-refractivity contribution in [3.63, 3.8) is 0 Å². The smallest absolute Gasteiger partial charge is 0.287 e. The highest BCUT2D eigenvalue weighted by Gasteiger charge is 2.25. The number of amides is 1. The minimum absolute atomic E-state index is 0.0999. The average Bonchev–Trinajstić information content (AvgIpc) is 2.86. The van der Waals surface area contributed by atoms with Crippen LogP contribution in [0.1, 0.15) is 35.9 Å². The third-order valence-electron chi connectivity index (χ3n) is 4.34. The Hall–Kier alpha value is -1.85. The SMILES string of the molecule is CC1CC(NC(=O)c2oc3ccccc3c2CN(C)C)CCN1. The first-order valence-corrected chi connectivity index (χ1v) is 8.24. The van der Waals surface area contributed by atoms with E-state index in [1.165, 1.54) is 0 Å². The summed E-state index contributed by atoms with van der Waals surface area (Å²) in [5, 5.41) is 7.57. The summed E-state index contributed by atoms with van der Waals surface area (Å²) in [6.07, 6.45) is 1.91. The molecule has 5 nitrogen and oxygen atoms in total. The van der Waals surface area contributed by atoms with Crippen molar-refractivity contribution in [2.45, 2.75) is 38.4 Å². The molecule has 2 unspecified atom stereocenters. The molecule has 0 spiro atoms. The molecule has 1 saturated heterocycles. The fourth-order valence-electron chi connectivity index (χ4n) is 3.27. The van der Waals surface area contributed by atoms with Gasteiger partial charge >= 0.3 is 0 Å². The zero-order valence-electron chi connectivity index (χ0n) is 14.1. The zero-order valence-corrected chi connectivity index (χ0v) is 14.1. The van der Waals surface area contributed by atoms with E-state index < -0.39 is 0 Å². The van der Waals surface area contributed by atoms with E-state index in [-0.39, 0.29) is 11.9 Å². The number of hydrogen-bond donors (Lipinski definition) is 2. The van der Waals surface area contributed by atoms with Gasteiger partial charge in [0.2, 0.25) is 0 Å². The van der Waals surface area contributed by atoms with Crippen LogP contribution in [0.3, 0.4) is 0 Å². The molecule has 0 aliphatic carbocycles. The van der Waals surface area contributed by atoms with E-state index in [9.17, 15) is 4.79 Å². The van der Waals surface area contributed by atoms with Gasteiger partial charge in [0.25, 0.3) is 5.91 Å². The summed E-state index contributed by atoms with van der Waals surface area (Å²) in [7, 11) is 4.00. The molecule has 2 N–H and O–H groups in total. The Balaban J connectivity index is 1.87. The normalized spacial score (nSPS) is 21.7. The van der Waals surface area contributed by atoms with E-state index in [2.05, 4.69) is 22.5 Å². The number of nitrogens with one attached hydrogen (secondary N) is 2. The van der Waals surface area contributed by atoms with Gasteiger partial charge in [-0.05, 0) is 46.5 Å². The highest BCUT2D eigenvalue weighted by molar-refractivity contribution is 5.99. The molecule has 23 heavy (non-hydrogen) atoms. The second-order valence-corrected chi connectivity index (χ2v) is 6.69. The number of hydrogen-bond acceptors (Lipinski definition) is 4. The van der Waals surface area contributed by atoms with Crippen molar-refractivity contribution in [1.82, 2.24) is 15.5 Å². The molecular weight excluding hydrogens is 290 g/mol. The van der Waals surface area contributed by atoms with E-state index in [0.29, 0.717) is 18.3 Å². The predicted octanol–water partition coefficient (Wildman–Crippen LogP) is 2.36. The van der Waals surface area contributed by atoms with Crippen molar-refractivity contribution in [2.75, 3.05) is 20.6 Å². The molecule has 2 aromatic rings. The molecule has 1 aromatic carbocycles. The first-order chi connectivity index (χ1) is 11.0. The lowest BCUT2D eigenvalue weighted by Gasteiger charge is -2.28. The topological polar surface area (TPSA) is 57.5 Å². The number of carbonyl (C=O) groups excluding carboxylic acids is 1. The molecule has 0 bridgehead atoms. The molecule has 124 valence electrons. The summed E-state index contributed by atoms with van der Waals surface area (Å²) in [6.45, 7) is 3.77. The van der Waals surface area contributed by atoms with Crippen molar-refractivity contribution in [3.05, 3.63) is 35.6 Å². The van der Waals surface area contributed by atoms with Crippen LogP contribution in [0, 0.1) is 0 Å². The van der Waals surface area contributed by atoms with Crippen LogP contribution in [0.25, 0.3) is 11.0 Å². The minimum atomic E-state index is -0.0999. The van der Waals surface area contributed by atoms with Gasteiger partial charge in [-0.1, -0.05) is 18.2 Å². The van der Waals surface area contributed by atoms with Crippen LogP contribution in [-0.4, -0.2) is 43.5 Å². The monoisotopic (exact) mass is 315 g/mol. The number of benzene rings is 1. The van der Waals surface area contributed by atoms with E-state index in [0.717, 1.165) is 35.9 Å². The van der Waals surface area contributed by atoms with Crippen molar-refractivity contribution < 1.29 is 9.21 Å². The van der Waals surface area contributed by atoms with Gasteiger partial charge in [0.05, 0.1) is 0 Å². The number of piperidine rings is 1. The molecule has 0 saturated carbocycles. The molecule has 1 amide bonds. The lowest BCUT2D eigenvalue weighted by molar-refractivity contribution is 0.0897. The molecule has 0 radical (unpaired) electrons. The van der Waals surface area contributed by atoms with E-state index in [4.69, 9.17) is 4.42 Å². The van der Waals surface area contributed by atoms with Gasteiger partial charge < -0.3 is 20.0 Å². The fourth-order valence-corrected chi connectivity index (χ4v) is 3.27. The summed E-state index contributed by atoms with van der Waals surface area (Å²) < 4.78 is 5.88. The van der Waals surface area contributed by atoms with Gasteiger partial charge in [0.15, 0.2) is 5.76 Å². The van der Waals surface area contributed by atoms with Gasteiger partial charge in [0, 0.05) is 29.6 Å². The van der Waals surface area contributed by atoms with Gasteiger partial charge in [-0.3, -0.25) is 4.79 Å². The standard InChI is InChI=1S/C18H25N3O2/c1-12-10-13(8-9-19-12)20-18(22)17-15(11-21(2)3)14-6-4-5-7-16(14)23-17/h4-7,12-13,19H,8-11H2,1-3H3,(H,20,22). The van der Waals surface area contributed by atoms with Gasteiger partial charge in [-0.2, -0.15) is 0 Å². The van der Waals surface area contributed by atoms with E-state index in [1.54, 1.807) is 0 Å². The summed E-state index contributed by atoms with van der Waals surface area (Å²) in [5.41, 5.74) is 1.73. The Bertz CT molecular complexity index is 693. The zero-order chi connectivity index (χ0) is 16.4. The lowest BCUT2D eigenvalue weighted by atomic mass is 10.0. The Labute approximate surface area is 137 Å². The number of furan rings is 1. The number of rotatable bonds is 4. The van der Waals surface area contributed by atoms with Crippen LogP contribution in [0.4, 0.5) is 0 Å². The Morgan fingerprint density at radius 2 is 2.17 bits per heavy atom. The average molecular weight is 315 g/mol. The van der Waals surface area contributed by atoms with Gasteiger partial charge in [0.1, 0.15) is 5.58 Å². The van der Waals surface area contributed by atoms with Gasteiger partial charge in [-0.15, -0.1) is 0 Å². The van der Waals surface area contributed by atoms with Crippen LogP contribution >= 0.6 is 0 Å². The van der Waals surface area contributed by atoms with Gasteiger partial charge in [-0.25, -0.2) is 0 Å². The molecular formula is C18H25N3O2. The highest BCUT2D eigenvalue weighted by Crippen LogP contribution is 2.27.